The maximum absolute atomic E-state index is 12.2. The van der Waals surface area contributed by atoms with Crippen LogP contribution in [0.4, 0.5) is 0 Å². The Kier molecular flexibility index (Phi) is 4.13. The first kappa shape index (κ1) is 16.3. The fourth-order valence-electron chi connectivity index (χ4n) is 2.43. The fourth-order valence-corrected chi connectivity index (χ4v) is 3.61. The quantitative estimate of drug-likeness (QED) is 0.536. The van der Waals surface area contributed by atoms with Gasteiger partial charge in [0.2, 0.25) is 11.5 Å². The van der Waals surface area contributed by atoms with Crippen LogP contribution < -0.4 is 4.84 Å². The van der Waals surface area contributed by atoms with Crippen molar-refractivity contribution in [2.45, 2.75) is 20.4 Å². The Bertz CT molecular complexity index is 1080. The van der Waals surface area contributed by atoms with Gasteiger partial charge in [-0.1, -0.05) is 18.2 Å². The molecular formula is C17H15N3O5S. The number of oxazole rings is 1. The minimum atomic E-state index is -0.592. The van der Waals surface area contributed by atoms with E-state index < -0.39 is 5.97 Å². The number of benzene rings is 1. The topological polar surface area (TPSA) is 88.5 Å². The summed E-state index contributed by atoms with van der Waals surface area (Å²) in [6.45, 7) is 4.30. The number of fused-ring (bicyclic) bond motifs is 1. The van der Waals surface area contributed by atoms with Crippen LogP contribution >= 0.6 is 11.3 Å². The number of rotatable bonds is 4. The fraction of sp³-hybridized carbons (Fsp3) is 0.176. The molecule has 0 unspecified atom stereocenters. The Morgan fingerprint density at radius 2 is 2.12 bits per heavy atom. The molecule has 3 heterocycles. The second-order valence-corrected chi connectivity index (χ2v) is 6.36. The molecule has 4 aromatic rings. The zero-order valence-electron chi connectivity index (χ0n) is 14.0. The molecule has 0 fully saturated rings. The van der Waals surface area contributed by atoms with Crippen LogP contribution in [0.2, 0.25) is 0 Å². The monoisotopic (exact) mass is 373 g/mol. The lowest BCUT2D eigenvalue weighted by atomic mass is 10.2. The van der Waals surface area contributed by atoms with E-state index in [1.807, 2.05) is 19.9 Å². The van der Waals surface area contributed by atoms with E-state index in [1.165, 1.54) is 17.6 Å². The minimum absolute atomic E-state index is 0.385. The van der Waals surface area contributed by atoms with Crippen molar-refractivity contribution in [1.29, 1.82) is 0 Å². The number of carbonyl (C=O) groups excluding carboxylic acids is 1. The van der Waals surface area contributed by atoms with E-state index in [4.69, 9.17) is 18.4 Å². The van der Waals surface area contributed by atoms with E-state index in [1.54, 1.807) is 35.2 Å². The SMILES string of the molecule is CCn1on(OC(=O)c2ccccc2)oc2c(C)c(-c3ncco3)sc21. The summed E-state index contributed by atoms with van der Waals surface area (Å²) in [5, 5.41) is 0.709. The molecule has 0 aliphatic rings. The van der Waals surface area contributed by atoms with Crippen LogP contribution in [0.3, 0.4) is 0 Å². The predicted octanol–water partition coefficient (Wildman–Crippen LogP) is 4.07. The molecule has 8 nitrogen and oxygen atoms in total. The van der Waals surface area contributed by atoms with Gasteiger partial charge in [0, 0.05) is 5.56 Å². The van der Waals surface area contributed by atoms with Gasteiger partial charge in [-0.05, 0) is 26.0 Å². The molecule has 0 radical (unpaired) electrons. The molecule has 3 aromatic heterocycles. The third-order valence-corrected chi connectivity index (χ3v) is 4.98. The van der Waals surface area contributed by atoms with Crippen molar-refractivity contribution in [3.63, 3.8) is 0 Å². The normalized spacial score (nSPS) is 11.0. The van der Waals surface area contributed by atoms with Crippen LogP contribution in [0.15, 0.2) is 56.4 Å². The molecule has 0 spiro atoms. The lowest BCUT2D eigenvalue weighted by molar-refractivity contribution is -0.157. The molecule has 0 bridgehead atoms. The van der Waals surface area contributed by atoms with Crippen molar-refractivity contribution in [3.8, 4) is 10.8 Å². The molecule has 0 saturated carbocycles. The summed E-state index contributed by atoms with van der Waals surface area (Å²) in [6.07, 6.45) is 3.09. The van der Waals surface area contributed by atoms with Crippen LogP contribution in [-0.4, -0.2) is 20.8 Å². The van der Waals surface area contributed by atoms with Gasteiger partial charge >= 0.3 is 5.97 Å². The molecule has 0 saturated heterocycles. The lowest BCUT2D eigenvalue weighted by Gasteiger charge is -2.08. The Morgan fingerprint density at radius 3 is 2.81 bits per heavy atom. The van der Waals surface area contributed by atoms with Crippen molar-refractivity contribution in [1.82, 2.24) is 14.8 Å². The summed E-state index contributed by atoms with van der Waals surface area (Å²) >= 11 is 1.42. The molecule has 9 heteroatoms. The molecule has 4 rings (SSSR count). The highest BCUT2D eigenvalue weighted by atomic mass is 32.1. The van der Waals surface area contributed by atoms with E-state index in [0.29, 0.717) is 28.7 Å². The first-order valence-electron chi connectivity index (χ1n) is 7.91. The summed E-state index contributed by atoms with van der Waals surface area (Å²) in [4.78, 5) is 23.2. The molecule has 26 heavy (non-hydrogen) atoms. The highest BCUT2D eigenvalue weighted by Gasteiger charge is 2.21. The molecule has 0 aliphatic heterocycles. The first-order valence-corrected chi connectivity index (χ1v) is 8.73. The smallest absolute Gasteiger partial charge is 0.370 e. The molecule has 0 N–H and O–H groups in total. The van der Waals surface area contributed by atoms with E-state index in [-0.39, 0.29) is 0 Å². The molecule has 0 aliphatic carbocycles. The van der Waals surface area contributed by atoms with Crippen molar-refractivity contribution < 1.29 is 23.2 Å². The highest BCUT2D eigenvalue weighted by molar-refractivity contribution is 7.22. The van der Waals surface area contributed by atoms with Gasteiger partial charge in [-0.25, -0.2) is 14.4 Å². The third kappa shape index (κ3) is 2.82. The van der Waals surface area contributed by atoms with Crippen molar-refractivity contribution in [3.05, 3.63) is 53.9 Å². The Balaban J connectivity index is 1.77. The predicted molar refractivity (Wildman–Crippen MR) is 93.2 cm³/mol. The summed E-state index contributed by atoms with van der Waals surface area (Å²) in [5.74, 6) is -0.0970. The van der Waals surface area contributed by atoms with Gasteiger partial charge in [-0.3, -0.25) is 4.84 Å². The van der Waals surface area contributed by atoms with E-state index in [0.717, 1.165) is 15.3 Å². The summed E-state index contributed by atoms with van der Waals surface area (Å²) < 4.78 is 18.1. The molecule has 134 valence electrons. The Labute approximate surface area is 151 Å². The molecule has 0 atom stereocenters. The summed E-state index contributed by atoms with van der Waals surface area (Å²) in [6, 6.07) is 8.60. The summed E-state index contributed by atoms with van der Waals surface area (Å²) in [7, 11) is 0. The van der Waals surface area contributed by atoms with E-state index in [2.05, 4.69) is 4.98 Å². The minimum Gasteiger partial charge on any atom is -0.444 e. The third-order valence-electron chi connectivity index (χ3n) is 3.71. The maximum atomic E-state index is 12.2. The van der Waals surface area contributed by atoms with Crippen molar-refractivity contribution in [2.24, 2.45) is 0 Å². The van der Waals surface area contributed by atoms with Crippen LogP contribution in [0.25, 0.3) is 21.2 Å². The molecular weight excluding hydrogens is 358 g/mol. The van der Waals surface area contributed by atoms with E-state index >= 15 is 0 Å². The number of thiophene rings is 1. The average molecular weight is 373 g/mol. The van der Waals surface area contributed by atoms with Gasteiger partial charge in [0.25, 0.3) is 0 Å². The van der Waals surface area contributed by atoms with Crippen molar-refractivity contribution >= 4 is 27.7 Å². The zero-order valence-corrected chi connectivity index (χ0v) is 14.9. The molecule has 0 amide bonds. The number of carbonyl (C=O) groups is 1. The Hall–Kier alpha value is -3.20. The van der Waals surface area contributed by atoms with Gasteiger partial charge in [0.1, 0.15) is 6.26 Å². The largest absolute Gasteiger partial charge is 0.444 e. The van der Waals surface area contributed by atoms with Gasteiger partial charge in [0.15, 0.2) is 9.91 Å². The maximum Gasteiger partial charge on any atom is 0.370 e. The van der Waals surface area contributed by atoms with E-state index in [9.17, 15) is 4.79 Å². The van der Waals surface area contributed by atoms with Crippen LogP contribution in [0.1, 0.15) is 22.8 Å². The number of hydrogen-bond donors (Lipinski definition) is 0. The van der Waals surface area contributed by atoms with Gasteiger partial charge in [-0.2, -0.15) is 4.74 Å². The highest BCUT2D eigenvalue weighted by Crippen LogP contribution is 2.37. The number of aryl methyl sites for hydroxylation is 2. The second kappa shape index (κ2) is 6.60. The average Bonchev–Trinajstić information content (AvgIpc) is 3.30. The second-order valence-electron chi connectivity index (χ2n) is 5.36. The Morgan fingerprint density at radius 1 is 1.31 bits per heavy atom. The van der Waals surface area contributed by atoms with Crippen LogP contribution in [0.5, 0.6) is 0 Å². The van der Waals surface area contributed by atoms with Gasteiger partial charge in [0.05, 0.1) is 23.2 Å². The number of aromatic nitrogens is 3. The zero-order chi connectivity index (χ0) is 18.1. The summed E-state index contributed by atoms with van der Waals surface area (Å²) in [5.41, 5.74) is 1.73. The van der Waals surface area contributed by atoms with Gasteiger partial charge < -0.3 is 8.94 Å². The number of hydrogen-bond acceptors (Lipinski definition) is 7. The van der Waals surface area contributed by atoms with Crippen LogP contribution in [0, 0.1) is 6.92 Å². The standard InChI is InChI=1S/C17H15N3O5S/c1-3-19-16-13(11(2)14(26-16)15-18-9-10-22-15)23-20(25-19)24-17(21)12-7-5-4-6-8-12/h4-10H,3H2,1-2H3. The van der Waals surface area contributed by atoms with Gasteiger partial charge in [-0.15, -0.1) is 11.3 Å². The van der Waals surface area contributed by atoms with Crippen LogP contribution in [-0.2, 0) is 6.54 Å². The number of nitrogens with zero attached hydrogens (tertiary/aromatic N) is 3. The molecule has 1 aromatic carbocycles. The lowest BCUT2D eigenvalue weighted by Crippen LogP contribution is -2.21. The first-order chi connectivity index (χ1) is 12.7. The van der Waals surface area contributed by atoms with Crippen molar-refractivity contribution in [2.75, 3.05) is 0 Å².